The molecule has 0 saturated carbocycles. The summed E-state index contributed by atoms with van der Waals surface area (Å²) in [5, 5.41) is 9.33. The van der Waals surface area contributed by atoms with E-state index in [-0.39, 0.29) is 0 Å². The van der Waals surface area contributed by atoms with Gasteiger partial charge in [-0.05, 0) is 35.4 Å². The molecule has 2 aromatic rings. The van der Waals surface area contributed by atoms with Gasteiger partial charge in [0.15, 0.2) is 0 Å². The lowest BCUT2D eigenvalue weighted by atomic mass is 10.1. The minimum absolute atomic E-state index is 0.405. The number of hydrogen-bond donors (Lipinski definition) is 0. The van der Waals surface area contributed by atoms with Gasteiger partial charge in [0.25, 0.3) is 0 Å². The molecular weight excluding hydrogens is 274 g/mol. The molecule has 0 aliphatic carbocycles. The number of nitriles is 1. The van der Waals surface area contributed by atoms with Crippen molar-refractivity contribution >= 4 is 11.6 Å². The Kier molecular flexibility index (Phi) is 5.00. The summed E-state index contributed by atoms with van der Waals surface area (Å²) in [6, 6.07) is 15.0. The van der Waals surface area contributed by atoms with E-state index in [1.54, 1.807) is 19.2 Å². The summed E-state index contributed by atoms with van der Waals surface area (Å²) >= 11 is 6.09. The number of ether oxygens (including phenoxy) is 2. The molecule has 0 amide bonds. The van der Waals surface area contributed by atoms with Crippen LogP contribution in [0.3, 0.4) is 0 Å². The van der Waals surface area contributed by atoms with Gasteiger partial charge in [0.05, 0.1) is 32.0 Å². The quantitative estimate of drug-likeness (QED) is 0.836. The van der Waals surface area contributed by atoms with E-state index in [1.165, 1.54) is 0 Å². The summed E-state index contributed by atoms with van der Waals surface area (Å²) in [5.41, 5.74) is 2.45. The summed E-state index contributed by atoms with van der Waals surface area (Å²) in [4.78, 5) is 0. The minimum Gasteiger partial charge on any atom is -0.497 e. The predicted octanol–water partition coefficient (Wildman–Crippen LogP) is 3.94. The van der Waals surface area contributed by atoms with Crippen molar-refractivity contribution in [3.8, 4) is 11.8 Å². The van der Waals surface area contributed by atoms with Gasteiger partial charge in [-0.1, -0.05) is 29.8 Å². The third-order valence-corrected chi connectivity index (χ3v) is 3.19. The van der Waals surface area contributed by atoms with Gasteiger partial charge < -0.3 is 9.47 Å². The number of methoxy groups -OCH3 is 1. The highest BCUT2D eigenvalue weighted by molar-refractivity contribution is 6.31. The fraction of sp³-hybridized carbons (Fsp3) is 0.188. The zero-order chi connectivity index (χ0) is 14.4. The maximum absolute atomic E-state index is 8.78. The van der Waals surface area contributed by atoms with Crippen LogP contribution in [0, 0.1) is 11.3 Å². The molecule has 3 nitrogen and oxygen atoms in total. The summed E-state index contributed by atoms with van der Waals surface area (Å²) in [6.45, 7) is 0.884. The molecule has 0 radical (unpaired) electrons. The molecule has 20 heavy (non-hydrogen) atoms. The second-order valence-electron chi connectivity index (χ2n) is 4.26. The van der Waals surface area contributed by atoms with Gasteiger partial charge in [-0.15, -0.1) is 0 Å². The molecule has 4 heteroatoms. The first-order chi connectivity index (χ1) is 9.72. The number of benzene rings is 2. The smallest absolute Gasteiger partial charge is 0.119 e. The number of rotatable bonds is 5. The van der Waals surface area contributed by atoms with E-state index >= 15 is 0 Å². The average Bonchev–Trinajstić information content (AvgIpc) is 2.49. The number of nitrogens with zero attached hydrogens (tertiary/aromatic N) is 1. The van der Waals surface area contributed by atoms with Crippen LogP contribution in [0.2, 0.25) is 5.02 Å². The van der Waals surface area contributed by atoms with Gasteiger partial charge in [0, 0.05) is 5.02 Å². The monoisotopic (exact) mass is 287 g/mol. The third kappa shape index (κ3) is 3.74. The Hall–Kier alpha value is -2.02. The van der Waals surface area contributed by atoms with E-state index in [2.05, 4.69) is 6.07 Å². The van der Waals surface area contributed by atoms with Crippen molar-refractivity contribution in [3.63, 3.8) is 0 Å². The van der Waals surface area contributed by atoms with Crippen molar-refractivity contribution in [2.24, 2.45) is 0 Å². The molecule has 0 atom stereocenters. The number of halogens is 1. The van der Waals surface area contributed by atoms with Gasteiger partial charge in [-0.2, -0.15) is 5.26 Å². The van der Waals surface area contributed by atoms with Crippen molar-refractivity contribution in [2.75, 3.05) is 7.11 Å². The average molecular weight is 288 g/mol. The molecule has 0 N–H and O–H groups in total. The predicted molar refractivity (Wildman–Crippen MR) is 77.7 cm³/mol. The van der Waals surface area contributed by atoms with Crippen molar-refractivity contribution < 1.29 is 9.47 Å². The van der Waals surface area contributed by atoms with Gasteiger partial charge in [-0.25, -0.2) is 0 Å². The van der Waals surface area contributed by atoms with Crippen LogP contribution in [0.25, 0.3) is 0 Å². The second-order valence-corrected chi connectivity index (χ2v) is 4.67. The highest BCUT2D eigenvalue weighted by Gasteiger charge is 2.03. The summed E-state index contributed by atoms with van der Waals surface area (Å²) in [6.07, 6.45) is 0. The normalized spacial score (nSPS) is 10.1. The minimum atomic E-state index is 0.405. The van der Waals surface area contributed by atoms with Crippen LogP contribution in [0.4, 0.5) is 0 Å². The lowest BCUT2D eigenvalue weighted by Gasteiger charge is -2.08. The first kappa shape index (κ1) is 14.4. The zero-order valence-electron chi connectivity index (χ0n) is 11.1. The Morgan fingerprint density at radius 1 is 1.15 bits per heavy atom. The standard InChI is InChI=1S/C16H14ClNO2/c1-19-15-4-2-3-13(7-15)10-20-11-14-6-5-12(9-18)8-16(14)17/h2-8H,10-11H2,1H3. The molecule has 0 bridgehead atoms. The Labute approximate surface area is 123 Å². The van der Waals surface area contributed by atoms with Crippen LogP contribution in [0.5, 0.6) is 5.75 Å². The van der Waals surface area contributed by atoms with Crippen LogP contribution in [0.15, 0.2) is 42.5 Å². The summed E-state index contributed by atoms with van der Waals surface area (Å²) in [7, 11) is 1.64. The van der Waals surface area contributed by atoms with Gasteiger partial charge in [0.1, 0.15) is 5.75 Å². The summed E-state index contributed by atoms with van der Waals surface area (Å²) < 4.78 is 10.8. The van der Waals surface area contributed by atoms with Crippen molar-refractivity contribution in [2.45, 2.75) is 13.2 Å². The van der Waals surface area contributed by atoms with Gasteiger partial charge in [-0.3, -0.25) is 0 Å². The van der Waals surface area contributed by atoms with Crippen molar-refractivity contribution in [1.29, 1.82) is 5.26 Å². The van der Waals surface area contributed by atoms with E-state index < -0.39 is 0 Å². The fourth-order valence-corrected chi connectivity index (χ4v) is 2.01. The highest BCUT2D eigenvalue weighted by Crippen LogP contribution is 2.19. The molecule has 0 fully saturated rings. The molecule has 2 aromatic carbocycles. The third-order valence-electron chi connectivity index (χ3n) is 2.84. The first-order valence-electron chi connectivity index (χ1n) is 6.12. The molecule has 0 spiro atoms. The van der Waals surface area contributed by atoms with E-state index in [1.807, 2.05) is 30.3 Å². The summed E-state index contributed by atoms with van der Waals surface area (Å²) in [5.74, 6) is 0.808. The molecule has 0 aliphatic heterocycles. The molecule has 102 valence electrons. The lowest BCUT2D eigenvalue weighted by Crippen LogP contribution is -1.96. The Balaban J connectivity index is 1.94. The van der Waals surface area contributed by atoms with Crippen molar-refractivity contribution in [1.82, 2.24) is 0 Å². The lowest BCUT2D eigenvalue weighted by molar-refractivity contribution is 0.107. The van der Waals surface area contributed by atoms with Crippen LogP contribution >= 0.6 is 11.6 Å². The van der Waals surface area contributed by atoms with E-state index in [4.69, 9.17) is 26.3 Å². The van der Waals surface area contributed by atoms with E-state index in [9.17, 15) is 0 Å². The molecule has 0 saturated heterocycles. The van der Waals surface area contributed by atoms with E-state index in [0.29, 0.717) is 23.8 Å². The highest BCUT2D eigenvalue weighted by atomic mass is 35.5. The fourth-order valence-electron chi connectivity index (χ4n) is 1.77. The maximum Gasteiger partial charge on any atom is 0.119 e. The van der Waals surface area contributed by atoms with E-state index in [0.717, 1.165) is 16.9 Å². The molecule has 2 rings (SSSR count). The Morgan fingerprint density at radius 2 is 2.00 bits per heavy atom. The molecule has 0 unspecified atom stereocenters. The van der Waals surface area contributed by atoms with Crippen LogP contribution in [-0.2, 0) is 18.0 Å². The topological polar surface area (TPSA) is 42.2 Å². The first-order valence-corrected chi connectivity index (χ1v) is 6.50. The van der Waals surface area contributed by atoms with Crippen LogP contribution in [-0.4, -0.2) is 7.11 Å². The van der Waals surface area contributed by atoms with Gasteiger partial charge >= 0.3 is 0 Å². The molecule has 0 aliphatic rings. The maximum atomic E-state index is 8.78. The SMILES string of the molecule is COc1cccc(COCc2ccc(C#N)cc2Cl)c1. The second kappa shape index (κ2) is 6.95. The zero-order valence-corrected chi connectivity index (χ0v) is 11.9. The van der Waals surface area contributed by atoms with Crippen molar-refractivity contribution in [3.05, 3.63) is 64.2 Å². The molecular formula is C16H14ClNO2. The molecule has 0 heterocycles. The van der Waals surface area contributed by atoms with Crippen LogP contribution in [0.1, 0.15) is 16.7 Å². The Bertz CT molecular complexity index is 635. The Morgan fingerprint density at radius 3 is 2.70 bits per heavy atom. The van der Waals surface area contributed by atoms with Gasteiger partial charge in [0.2, 0.25) is 0 Å². The molecule has 0 aromatic heterocycles. The largest absolute Gasteiger partial charge is 0.497 e. The number of hydrogen-bond acceptors (Lipinski definition) is 3. The van der Waals surface area contributed by atoms with Crippen LogP contribution < -0.4 is 4.74 Å².